The Labute approximate surface area is 175 Å². The first kappa shape index (κ1) is 21.1. The van der Waals surface area contributed by atoms with Gasteiger partial charge in [0.15, 0.2) is 5.16 Å². The number of nitrogens with zero attached hydrogens (tertiary/aromatic N) is 2. The van der Waals surface area contributed by atoms with Gasteiger partial charge in [-0.1, -0.05) is 61.2 Å². The summed E-state index contributed by atoms with van der Waals surface area (Å²) in [5.74, 6) is -0.0323. The summed E-state index contributed by atoms with van der Waals surface area (Å²) in [6.45, 7) is 5.09. The van der Waals surface area contributed by atoms with E-state index in [0.717, 1.165) is 19.3 Å². The number of benzene rings is 2. The molecule has 1 aromatic heterocycles. The maximum Gasteiger partial charge on any atom is 0.262 e. The standard InChI is InChI=1S/C23H27N3O2S/c1-3-15-24-21(27)17(2)29-23-25-20-14-8-7-13-19(20)22(28)26(23)16-9-12-18-10-5-4-6-11-18/h4-8,10-11,13-14,17H,3,9,12,15-16H2,1-2H3,(H,24,27). The summed E-state index contributed by atoms with van der Waals surface area (Å²) in [7, 11) is 0. The number of hydrogen-bond acceptors (Lipinski definition) is 4. The van der Waals surface area contributed by atoms with Gasteiger partial charge in [0.05, 0.1) is 16.2 Å². The molecule has 1 heterocycles. The number of carbonyl (C=O) groups excluding carboxylic acids is 1. The minimum atomic E-state index is -0.324. The molecule has 6 heteroatoms. The summed E-state index contributed by atoms with van der Waals surface area (Å²) < 4.78 is 1.72. The van der Waals surface area contributed by atoms with Crippen molar-refractivity contribution in [2.24, 2.45) is 0 Å². The fourth-order valence-electron chi connectivity index (χ4n) is 3.12. The average Bonchev–Trinajstić information content (AvgIpc) is 2.74. The number of aromatic nitrogens is 2. The van der Waals surface area contributed by atoms with Crippen molar-refractivity contribution in [2.45, 2.75) is 50.1 Å². The number of nitrogens with one attached hydrogen (secondary N) is 1. The molecule has 0 saturated carbocycles. The van der Waals surface area contributed by atoms with Crippen LogP contribution in [0.2, 0.25) is 0 Å². The normalized spacial score (nSPS) is 12.1. The number of carbonyl (C=O) groups is 1. The number of para-hydroxylation sites is 1. The van der Waals surface area contributed by atoms with Gasteiger partial charge in [0.1, 0.15) is 0 Å². The number of fused-ring (bicyclic) bond motifs is 1. The van der Waals surface area contributed by atoms with Gasteiger partial charge in [-0.15, -0.1) is 0 Å². The van der Waals surface area contributed by atoms with Crippen LogP contribution in [-0.4, -0.2) is 27.3 Å². The molecule has 0 spiro atoms. The largest absolute Gasteiger partial charge is 0.355 e. The SMILES string of the molecule is CCCNC(=O)C(C)Sc1nc2ccccc2c(=O)n1CCCc1ccccc1. The van der Waals surface area contributed by atoms with Crippen molar-refractivity contribution in [1.29, 1.82) is 0 Å². The predicted octanol–water partition coefficient (Wildman–Crippen LogP) is 4.04. The fraction of sp³-hybridized carbons (Fsp3) is 0.348. The van der Waals surface area contributed by atoms with Crippen LogP contribution < -0.4 is 10.9 Å². The van der Waals surface area contributed by atoms with Crippen molar-refractivity contribution in [3.05, 3.63) is 70.5 Å². The molecule has 152 valence electrons. The Hall–Kier alpha value is -2.60. The molecule has 0 aliphatic heterocycles. The summed E-state index contributed by atoms with van der Waals surface area (Å²) >= 11 is 1.34. The predicted molar refractivity (Wildman–Crippen MR) is 119 cm³/mol. The summed E-state index contributed by atoms with van der Waals surface area (Å²) in [5, 5.41) is 3.80. The van der Waals surface area contributed by atoms with Gasteiger partial charge in [-0.3, -0.25) is 14.2 Å². The van der Waals surface area contributed by atoms with E-state index in [0.29, 0.717) is 29.1 Å². The maximum atomic E-state index is 13.1. The van der Waals surface area contributed by atoms with E-state index in [1.165, 1.54) is 17.3 Å². The molecular weight excluding hydrogens is 382 g/mol. The molecular formula is C23H27N3O2S. The fourth-order valence-corrected chi connectivity index (χ4v) is 4.08. The molecule has 0 fully saturated rings. The molecule has 0 saturated heterocycles. The molecule has 5 nitrogen and oxygen atoms in total. The monoisotopic (exact) mass is 409 g/mol. The third kappa shape index (κ3) is 5.48. The number of amides is 1. The molecule has 3 aromatic rings. The smallest absolute Gasteiger partial charge is 0.262 e. The third-order valence-electron chi connectivity index (χ3n) is 4.72. The van der Waals surface area contributed by atoms with E-state index in [4.69, 9.17) is 4.98 Å². The highest BCUT2D eigenvalue weighted by molar-refractivity contribution is 8.00. The van der Waals surface area contributed by atoms with E-state index in [1.807, 2.05) is 56.3 Å². The van der Waals surface area contributed by atoms with Crippen molar-refractivity contribution in [1.82, 2.24) is 14.9 Å². The highest BCUT2D eigenvalue weighted by Crippen LogP contribution is 2.23. The lowest BCUT2D eigenvalue weighted by Crippen LogP contribution is -2.32. The minimum absolute atomic E-state index is 0.0323. The molecule has 0 aliphatic rings. The second-order valence-electron chi connectivity index (χ2n) is 7.01. The summed E-state index contributed by atoms with van der Waals surface area (Å²) in [6.07, 6.45) is 2.60. The molecule has 1 amide bonds. The van der Waals surface area contributed by atoms with Gasteiger partial charge in [-0.2, -0.15) is 0 Å². The summed E-state index contributed by atoms with van der Waals surface area (Å²) in [6, 6.07) is 17.6. The Bertz CT molecular complexity index is 1020. The summed E-state index contributed by atoms with van der Waals surface area (Å²) in [5.41, 5.74) is 1.86. The van der Waals surface area contributed by atoms with Crippen LogP contribution in [0.4, 0.5) is 0 Å². The van der Waals surface area contributed by atoms with Crippen LogP contribution in [0.25, 0.3) is 10.9 Å². The Balaban J connectivity index is 1.84. The van der Waals surface area contributed by atoms with Gasteiger partial charge >= 0.3 is 0 Å². The highest BCUT2D eigenvalue weighted by Gasteiger charge is 2.19. The van der Waals surface area contributed by atoms with Crippen LogP contribution in [0.3, 0.4) is 0 Å². The lowest BCUT2D eigenvalue weighted by Gasteiger charge is -2.16. The number of aryl methyl sites for hydroxylation is 1. The van der Waals surface area contributed by atoms with E-state index >= 15 is 0 Å². The van der Waals surface area contributed by atoms with Gasteiger partial charge in [0, 0.05) is 13.1 Å². The minimum Gasteiger partial charge on any atom is -0.355 e. The molecule has 1 atom stereocenters. The van der Waals surface area contributed by atoms with Crippen LogP contribution in [0.5, 0.6) is 0 Å². The van der Waals surface area contributed by atoms with Crippen molar-refractivity contribution in [3.8, 4) is 0 Å². The van der Waals surface area contributed by atoms with Crippen molar-refractivity contribution < 1.29 is 4.79 Å². The van der Waals surface area contributed by atoms with E-state index < -0.39 is 0 Å². The molecule has 2 aromatic carbocycles. The van der Waals surface area contributed by atoms with Crippen LogP contribution in [-0.2, 0) is 17.8 Å². The van der Waals surface area contributed by atoms with Crippen LogP contribution in [0.1, 0.15) is 32.3 Å². The number of rotatable bonds is 9. The molecule has 3 rings (SSSR count). The first-order valence-corrected chi connectivity index (χ1v) is 11.0. The van der Waals surface area contributed by atoms with E-state index in [2.05, 4.69) is 17.4 Å². The second-order valence-corrected chi connectivity index (χ2v) is 8.32. The zero-order chi connectivity index (χ0) is 20.6. The maximum absolute atomic E-state index is 13.1. The highest BCUT2D eigenvalue weighted by atomic mass is 32.2. The molecule has 0 aliphatic carbocycles. The van der Waals surface area contributed by atoms with Crippen molar-refractivity contribution >= 4 is 28.6 Å². The quantitative estimate of drug-likeness (QED) is 0.428. The second kappa shape index (κ2) is 10.3. The van der Waals surface area contributed by atoms with Gasteiger partial charge in [0.25, 0.3) is 5.56 Å². The topological polar surface area (TPSA) is 64.0 Å². The Kier molecular flexibility index (Phi) is 7.47. The third-order valence-corrected chi connectivity index (χ3v) is 5.81. The molecule has 29 heavy (non-hydrogen) atoms. The Morgan fingerprint density at radius 1 is 1.14 bits per heavy atom. The van der Waals surface area contributed by atoms with E-state index in [9.17, 15) is 9.59 Å². The van der Waals surface area contributed by atoms with Crippen LogP contribution in [0.15, 0.2) is 64.5 Å². The van der Waals surface area contributed by atoms with Crippen LogP contribution >= 0.6 is 11.8 Å². The van der Waals surface area contributed by atoms with Gasteiger partial charge < -0.3 is 5.32 Å². The van der Waals surface area contributed by atoms with Crippen molar-refractivity contribution in [3.63, 3.8) is 0 Å². The lowest BCUT2D eigenvalue weighted by molar-refractivity contribution is -0.120. The molecule has 1 N–H and O–H groups in total. The first-order chi connectivity index (χ1) is 14.1. The van der Waals surface area contributed by atoms with E-state index in [-0.39, 0.29) is 16.7 Å². The van der Waals surface area contributed by atoms with Crippen molar-refractivity contribution in [2.75, 3.05) is 6.54 Å². The molecule has 0 radical (unpaired) electrons. The number of thioether (sulfide) groups is 1. The van der Waals surface area contributed by atoms with E-state index in [1.54, 1.807) is 4.57 Å². The summed E-state index contributed by atoms with van der Waals surface area (Å²) in [4.78, 5) is 30.2. The molecule has 1 unspecified atom stereocenters. The zero-order valence-corrected chi connectivity index (χ0v) is 17.7. The zero-order valence-electron chi connectivity index (χ0n) is 16.9. The van der Waals surface area contributed by atoms with Crippen LogP contribution in [0, 0.1) is 0 Å². The van der Waals surface area contributed by atoms with Gasteiger partial charge in [-0.25, -0.2) is 4.98 Å². The Morgan fingerprint density at radius 2 is 1.86 bits per heavy atom. The molecule has 0 bridgehead atoms. The number of hydrogen-bond donors (Lipinski definition) is 1. The first-order valence-electron chi connectivity index (χ1n) is 10.1. The lowest BCUT2D eigenvalue weighted by atomic mass is 10.1. The average molecular weight is 410 g/mol. The Morgan fingerprint density at radius 3 is 2.62 bits per heavy atom. The van der Waals surface area contributed by atoms with Gasteiger partial charge in [0.2, 0.25) is 5.91 Å². The van der Waals surface area contributed by atoms with Gasteiger partial charge in [-0.05, 0) is 43.9 Å².